The molecule has 0 fully saturated rings. The van der Waals surface area contributed by atoms with Crippen LogP contribution in [0.3, 0.4) is 0 Å². The van der Waals surface area contributed by atoms with Gasteiger partial charge in [0.2, 0.25) is 0 Å². The van der Waals surface area contributed by atoms with Crippen molar-refractivity contribution in [1.29, 1.82) is 0 Å². The van der Waals surface area contributed by atoms with Gasteiger partial charge in [0, 0.05) is 11.3 Å². The van der Waals surface area contributed by atoms with Gasteiger partial charge in [-0.15, -0.1) is 0 Å². The van der Waals surface area contributed by atoms with Gasteiger partial charge in [0.05, 0.1) is 12.2 Å². The van der Waals surface area contributed by atoms with E-state index in [4.69, 9.17) is 4.74 Å². The highest BCUT2D eigenvalue weighted by molar-refractivity contribution is 6.06. The Morgan fingerprint density at radius 1 is 1.09 bits per heavy atom. The standard InChI is InChI=1S/C19H19NO3/c1-3-23-19(22)16-10-7-11-17(13-16)20-18(21)14(2)12-15-8-5-4-6-9-15/h4-13H,3H2,1-2H3,(H,20,21). The van der Waals surface area contributed by atoms with Crippen molar-refractivity contribution in [3.63, 3.8) is 0 Å². The van der Waals surface area contributed by atoms with E-state index in [0.717, 1.165) is 5.56 Å². The third-order valence-electron chi connectivity index (χ3n) is 3.17. The molecular weight excluding hydrogens is 290 g/mol. The summed E-state index contributed by atoms with van der Waals surface area (Å²) in [7, 11) is 0. The molecule has 1 amide bonds. The Kier molecular flexibility index (Phi) is 5.69. The highest BCUT2D eigenvalue weighted by Gasteiger charge is 2.09. The zero-order valence-electron chi connectivity index (χ0n) is 13.2. The molecule has 0 saturated carbocycles. The van der Waals surface area contributed by atoms with Gasteiger partial charge in [-0.2, -0.15) is 0 Å². The number of amides is 1. The fourth-order valence-electron chi connectivity index (χ4n) is 2.03. The molecule has 0 aliphatic heterocycles. The predicted octanol–water partition coefficient (Wildman–Crippen LogP) is 3.91. The van der Waals surface area contributed by atoms with Crippen LogP contribution < -0.4 is 5.32 Å². The number of carbonyl (C=O) groups is 2. The van der Waals surface area contributed by atoms with E-state index < -0.39 is 5.97 Å². The van der Waals surface area contributed by atoms with Crippen LogP contribution in [-0.2, 0) is 9.53 Å². The topological polar surface area (TPSA) is 55.4 Å². The highest BCUT2D eigenvalue weighted by atomic mass is 16.5. The highest BCUT2D eigenvalue weighted by Crippen LogP contribution is 2.14. The Morgan fingerprint density at radius 3 is 2.52 bits per heavy atom. The molecule has 0 spiro atoms. The van der Waals surface area contributed by atoms with Crippen LogP contribution in [0, 0.1) is 0 Å². The Balaban J connectivity index is 2.09. The second kappa shape index (κ2) is 7.94. The average molecular weight is 309 g/mol. The SMILES string of the molecule is CCOC(=O)c1cccc(NC(=O)C(C)=Cc2ccccc2)c1. The van der Waals surface area contributed by atoms with Gasteiger partial charge >= 0.3 is 5.97 Å². The van der Waals surface area contributed by atoms with Crippen LogP contribution in [0.2, 0.25) is 0 Å². The van der Waals surface area contributed by atoms with Crippen LogP contribution in [0.15, 0.2) is 60.2 Å². The summed E-state index contributed by atoms with van der Waals surface area (Å²) in [5.41, 5.74) is 2.51. The molecule has 2 rings (SSSR count). The molecule has 0 bridgehead atoms. The number of hydrogen-bond donors (Lipinski definition) is 1. The van der Waals surface area contributed by atoms with Gasteiger partial charge in [0.1, 0.15) is 0 Å². The molecule has 0 aliphatic rings. The van der Waals surface area contributed by atoms with E-state index in [9.17, 15) is 9.59 Å². The summed E-state index contributed by atoms with van der Waals surface area (Å²) in [4.78, 5) is 23.9. The van der Waals surface area contributed by atoms with Gasteiger partial charge in [-0.1, -0.05) is 36.4 Å². The summed E-state index contributed by atoms with van der Waals surface area (Å²) < 4.78 is 4.95. The van der Waals surface area contributed by atoms with Crippen LogP contribution in [0.5, 0.6) is 0 Å². The van der Waals surface area contributed by atoms with Crippen molar-refractivity contribution in [2.24, 2.45) is 0 Å². The molecule has 2 aromatic rings. The zero-order valence-corrected chi connectivity index (χ0v) is 13.2. The number of rotatable bonds is 5. The lowest BCUT2D eigenvalue weighted by Crippen LogP contribution is -2.13. The van der Waals surface area contributed by atoms with Gasteiger partial charge < -0.3 is 10.1 Å². The van der Waals surface area contributed by atoms with E-state index in [1.807, 2.05) is 36.4 Å². The number of ether oxygens (including phenoxy) is 1. The third-order valence-corrected chi connectivity index (χ3v) is 3.17. The van der Waals surface area contributed by atoms with Crippen LogP contribution in [0.1, 0.15) is 29.8 Å². The van der Waals surface area contributed by atoms with Crippen molar-refractivity contribution in [3.8, 4) is 0 Å². The van der Waals surface area contributed by atoms with Gasteiger partial charge in [-0.3, -0.25) is 4.79 Å². The van der Waals surface area contributed by atoms with E-state index in [0.29, 0.717) is 23.4 Å². The van der Waals surface area contributed by atoms with Crippen LogP contribution in [0.4, 0.5) is 5.69 Å². The Bertz CT molecular complexity index is 720. The summed E-state index contributed by atoms with van der Waals surface area (Å²) in [6.07, 6.45) is 1.81. The molecule has 0 saturated heterocycles. The number of anilines is 1. The van der Waals surface area contributed by atoms with Gasteiger partial charge in [-0.05, 0) is 43.7 Å². The van der Waals surface area contributed by atoms with Crippen LogP contribution >= 0.6 is 0 Å². The van der Waals surface area contributed by atoms with Crippen LogP contribution in [-0.4, -0.2) is 18.5 Å². The molecular formula is C19H19NO3. The number of carbonyl (C=O) groups excluding carboxylic acids is 2. The largest absolute Gasteiger partial charge is 0.462 e. The monoisotopic (exact) mass is 309 g/mol. The maximum atomic E-state index is 12.2. The van der Waals surface area contributed by atoms with Crippen molar-refractivity contribution < 1.29 is 14.3 Å². The normalized spacial score (nSPS) is 11.0. The molecule has 23 heavy (non-hydrogen) atoms. The number of benzene rings is 2. The quantitative estimate of drug-likeness (QED) is 0.673. The van der Waals surface area contributed by atoms with Gasteiger partial charge in [0.25, 0.3) is 5.91 Å². The van der Waals surface area contributed by atoms with E-state index >= 15 is 0 Å². The van der Waals surface area contributed by atoms with Gasteiger partial charge in [-0.25, -0.2) is 4.79 Å². The lowest BCUT2D eigenvalue weighted by molar-refractivity contribution is -0.112. The fourth-order valence-corrected chi connectivity index (χ4v) is 2.03. The summed E-state index contributed by atoms with van der Waals surface area (Å²) in [6, 6.07) is 16.3. The number of nitrogens with one attached hydrogen (secondary N) is 1. The van der Waals surface area contributed by atoms with Gasteiger partial charge in [0.15, 0.2) is 0 Å². The van der Waals surface area contributed by atoms with Crippen LogP contribution in [0.25, 0.3) is 6.08 Å². The van der Waals surface area contributed by atoms with E-state index in [2.05, 4.69) is 5.32 Å². The molecule has 1 N–H and O–H groups in total. The van der Waals surface area contributed by atoms with E-state index in [-0.39, 0.29) is 5.91 Å². The minimum atomic E-state index is -0.403. The first-order valence-electron chi connectivity index (χ1n) is 7.42. The maximum Gasteiger partial charge on any atom is 0.338 e. The second-order valence-corrected chi connectivity index (χ2v) is 4.99. The lowest BCUT2D eigenvalue weighted by Gasteiger charge is -2.07. The summed E-state index contributed by atoms with van der Waals surface area (Å²) in [6.45, 7) is 3.81. The molecule has 4 nitrogen and oxygen atoms in total. The van der Waals surface area contributed by atoms with Crippen molar-refractivity contribution in [2.75, 3.05) is 11.9 Å². The lowest BCUT2D eigenvalue weighted by atomic mass is 10.1. The Morgan fingerprint density at radius 2 is 1.83 bits per heavy atom. The summed E-state index contributed by atoms with van der Waals surface area (Å²) in [5, 5.41) is 2.78. The first-order chi connectivity index (χ1) is 11.1. The fraction of sp³-hybridized carbons (Fsp3) is 0.158. The first kappa shape index (κ1) is 16.5. The van der Waals surface area contributed by atoms with Crippen molar-refractivity contribution >= 4 is 23.6 Å². The minimum Gasteiger partial charge on any atom is -0.462 e. The molecule has 4 heteroatoms. The average Bonchev–Trinajstić information content (AvgIpc) is 2.56. The third kappa shape index (κ3) is 4.81. The van der Waals surface area contributed by atoms with E-state index in [1.54, 1.807) is 38.1 Å². The van der Waals surface area contributed by atoms with Crippen molar-refractivity contribution in [3.05, 3.63) is 71.3 Å². The smallest absolute Gasteiger partial charge is 0.338 e. The summed E-state index contributed by atoms with van der Waals surface area (Å²) >= 11 is 0. The molecule has 0 heterocycles. The number of hydrogen-bond acceptors (Lipinski definition) is 3. The van der Waals surface area contributed by atoms with Crippen molar-refractivity contribution in [1.82, 2.24) is 0 Å². The Labute approximate surface area is 135 Å². The molecule has 0 radical (unpaired) electrons. The van der Waals surface area contributed by atoms with Crippen molar-refractivity contribution in [2.45, 2.75) is 13.8 Å². The summed E-state index contributed by atoms with van der Waals surface area (Å²) in [5.74, 6) is -0.616. The predicted molar refractivity (Wildman–Crippen MR) is 91.1 cm³/mol. The molecule has 0 aliphatic carbocycles. The second-order valence-electron chi connectivity index (χ2n) is 4.99. The van der Waals surface area contributed by atoms with E-state index in [1.165, 1.54) is 0 Å². The maximum absolute atomic E-state index is 12.2. The molecule has 2 aromatic carbocycles. The Hall–Kier alpha value is -2.88. The minimum absolute atomic E-state index is 0.213. The molecule has 118 valence electrons. The molecule has 0 atom stereocenters. The zero-order chi connectivity index (χ0) is 16.7. The molecule has 0 aromatic heterocycles. The first-order valence-corrected chi connectivity index (χ1v) is 7.42. The number of esters is 1. The molecule has 0 unspecified atom stereocenters.